The van der Waals surface area contributed by atoms with Gasteiger partial charge in [0.05, 0.1) is 19.1 Å². The van der Waals surface area contributed by atoms with Gasteiger partial charge in [0.25, 0.3) is 0 Å². The zero-order valence-electron chi connectivity index (χ0n) is 19.1. The number of piperidine rings is 1. The van der Waals surface area contributed by atoms with Crippen LogP contribution in [0.3, 0.4) is 0 Å². The SMILES string of the molecule is COc1ccc(N([C@H](C)C(=O)NCc2ccccc2CN2CCCCC2)S(C)(=O)=O)cc1. The second-order valence-electron chi connectivity index (χ2n) is 8.26. The molecule has 32 heavy (non-hydrogen) atoms. The molecule has 0 aromatic heterocycles. The van der Waals surface area contributed by atoms with E-state index in [0.717, 1.165) is 35.8 Å². The maximum atomic E-state index is 12.9. The summed E-state index contributed by atoms with van der Waals surface area (Å²) in [5, 5.41) is 2.93. The van der Waals surface area contributed by atoms with Crippen molar-refractivity contribution in [2.24, 2.45) is 0 Å². The molecule has 0 aliphatic carbocycles. The third-order valence-corrected chi connectivity index (χ3v) is 7.07. The number of methoxy groups -OCH3 is 1. The van der Waals surface area contributed by atoms with Gasteiger partial charge in [-0.3, -0.25) is 14.0 Å². The van der Waals surface area contributed by atoms with Crippen LogP contribution in [0.1, 0.15) is 37.3 Å². The average molecular weight is 460 g/mol. The highest BCUT2D eigenvalue weighted by molar-refractivity contribution is 7.92. The van der Waals surface area contributed by atoms with E-state index in [9.17, 15) is 13.2 Å². The molecular weight excluding hydrogens is 426 g/mol. The van der Waals surface area contributed by atoms with Crippen LogP contribution >= 0.6 is 0 Å². The molecule has 1 saturated heterocycles. The quantitative estimate of drug-likeness (QED) is 0.623. The number of benzene rings is 2. The molecule has 1 amide bonds. The van der Waals surface area contributed by atoms with Crippen LogP contribution in [-0.4, -0.2) is 51.7 Å². The number of carbonyl (C=O) groups excluding carboxylic acids is 1. The maximum absolute atomic E-state index is 12.9. The second kappa shape index (κ2) is 10.8. The molecule has 3 rings (SSSR count). The van der Waals surface area contributed by atoms with Gasteiger partial charge in [0.1, 0.15) is 11.8 Å². The van der Waals surface area contributed by atoms with Gasteiger partial charge in [-0.05, 0) is 68.2 Å². The van der Waals surface area contributed by atoms with Crippen molar-refractivity contribution >= 4 is 21.6 Å². The number of nitrogens with one attached hydrogen (secondary N) is 1. The summed E-state index contributed by atoms with van der Waals surface area (Å²) in [5.41, 5.74) is 2.66. The number of nitrogens with zero attached hydrogens (tertiary/aromatic N) is 2. The highest BCUT2D eigenvalue weighted by Gasteiger charge is 2.29. The third kappa shape index (κ3) is 6.23. The van der Waals surface area contributed by atoms with Gasteiger partial charge in [-0.15, -0.1) is 0 Å². The van der Waals surface area contributed by atoms with Gasteiger partial charge in [-0.25, -0.2) is 8.42 Å². The summed E-state index contributed by atoms with van der Waals surface area (Å²) < 4.78 is 31.3. The number of sulfonamides is 1. The molecule has 2 aromatic rings. The standard InChI is InChI=1S/C24H33N3O4S/c1-19(27(32(3,29)30)22-11-13-23(31-2)14-12-22)24(28)25-17-20-9-5-6-10-21(20)18-26-15-7-4-8-16-26/h5-6,9-14,19H,4,7-8,15-18H2,1-3H3,(H,25,28)/t19-/m1/s1. The van der Waals surface area contributed by atoms with Gasteiger partial charge in [-0.1, -0.05) is 30.7 Å². The Balaban J connectivity index is 1.70. The van der Waals surface area contributed by atoms with Crippen molar-refractivity contribution in [2.75, 3.05) is 30.8 Å². The lowest BCUT2D eigenvalue weighted by Gasteiger charge is -2.29. The highest BCUT2D eigenvalue weighted by Crippen LogP contribution is 2.24. The lowest BCUT2D eigenvalue weighted by atomic mass is 10.0. The monoisotopic (exact) mass is 459 g/mol. The number of likely N-dealkylation sites (tertiary alicyclic amines) is 1. The van der Waals surface area contributed by atoms with E-state index < -0.39 is 16.1 Å². The van der Waals surface area contributed by atoms with Gasteiger partial charge in [0, 0.05) is 13.1 Å². The van der Waals surface area contributed by atoms with E-state index in [0.29, 0.717) is 18.0 Å². The molecule has 1 atom stereocenters. The van der Waals surface area contributed by atoms with E-state index in [-0.39, 0.29) is 5.91 Å². The van der Waals surface area contributed by atoms with Crippen LogP contribution in [0.5, 0.6) is 5.75 Å². The Labute approximate surface area is 191 Å². The fraction of sp³-hybridized carbons (Fsp3) is 0.458. The summed E-state index contributed by atoms with van der Waals surface area (Å²) >= 11 is 0. The third-order valence-electron chi connectivity index (χ3n) is 5.83. The Kier molecular flexibility index (Phi) is 8.15. The first kappa shape index (κ1) is 24.1. The number of hydrogen-bond acceptors (Lipinski definition) is 5. The first-order valence-corrected chi connectivity index (χ1v) is 12.8. The molecule has 8 heteroatoms. The summed E-state index contributed by atoms with van der Waals surface area (Å²) in [5.74, 6) is 0.267. The van der Waals surface area contributed by atoms with E-state index in [2.05, 4.69) is 16.3 Å². The molecule has 1 aliphatic heterocycles. The molecular formula is C24H33N3O4S. The Bertz CT molecular complexity index is 1000. The number of carbonyl (C=O) groups is 1. The summed E-state index contributed by atoms with van der Waals surface area (Å²) in [6.45, 7) is 5.02. The molecule has 7 nitrogen and oxygen atoms in total. The van der Waals surface area contributed by atoms with E-state index >= 15 is 0 Å². The van der Waals surface area contributed by atoms with E-state index in [4.69, 9.17) is 4.74 Å². The highest BCUT2D eigenvalue weighted by atomic mass is 32.2. The molecule has 1 heterocycles. The zero-order valence-corrected chi connectivity index (χ0v) is 19.9. The molecule has 1 aliphatic rings. The first-order valence-electron chi connectivity index (χ1n) is 11.0. The van der Waals surface area contributed by atoms with Gasteiger partial charge in [0.2, 0.25) is 15.9 Å². The predicted octanol–water partition coefficient (Wildman–Crippen LogP) is 3.15. The topological polar surface area (TPSA) is 79.0 Å². The first-order chi connectivity index (χ1) is 15.3. The Morgan fingerprint density at radius 1 is 1.06 bits per heavy atom. The average Bonchev–Trinajstić information content (AvgIpc) is 2.78. The van der Waals surface area contributed by atoms with Gasteiger partial charge in [-0.2, -0.15) is 0 Å². The van der Waals surface area contributed by atoms with E-state index in [1.165, 1.54) is 24.8 Å². The summed E-state index contributed by atoms with van der Waals surface area (Å²) in [4.78, 5) is 15.4. The van der Waals surface area contributed by atoms with Gasteiger partial charge in [0.15, 0.2) is 0 Å². The van der Waals surface area contributed by atoms with Crippen molar-refractivity contribution < 1.29 is 17.9 Å². The molecule has 1 N–H and O–H groups in total. The fourth-order valence-electron chi connectivity index (χ4n) is 4.11. The van der Waals surface area contributed by atoms with E-state index in [1.54, 1.807) is 38.3 Å². The van der Waals surface area contributed by atoms with Crippen LogP contribution < -0.4 is 14.4 Å². The van der Waals surface area contributed by atoms with Gasteiger partial charge >= 0.3 is 0 Å². The largest absolute Gasteiger partial charge is 0.497 e. The molecule has 0 bridgehead atoms. The zero-order chi connectivity index (χ0) is 23.1. The predicted molar refractivity (Wildman–Crippen MR) is 127 cm³/mol. The second-order valence-corrected chi connectivity index (χ2v) is 10.1. The minimum absolute atomic E-state index is 0.348. The Morgan fingerprint density at radius 2 is 1.69 bits per heavy atom. The van der Waals surface area contributed by atoms with Gasteiger partial charge < -0.3 is 10.1 Å². The van der Waals surface area contributed by atoms with Crippen molar-refractivity contribution in [3.8, 4) is 5.75 Å². The summed E-state index contributed by atoms with van der Waals surface area (Å²) in [6, 6.07) is 13.8. The number of ether oxygens (including phenoxy) is 1. The number of anilines is 1. The van der Waals surface area contributed by atoms with Crippen molar-refractivity contribution in [3.63, 3.8) is 0 Å². The van der Waals surface area contributed by atoms with Crippen LogP contribution in [0.2, 0.25) is 0 Å². The lowest BCUT2D eigenvalue weighted by Crippen LogP contribution is -2.47. The van der Waals surface area contributed by atoms with Crippen molar-refractivity contribution in [3.05, 3.63) is 59.7 Å². The molecule has 174 valence electrons. The van der Waals surface area contributed by atoms with Crippen LogP contribution in [0, 0.1) is 0 Å². The van der Waals surface area contributed by atoms with Crippen LogP contribution in [0.25, 0.3) is 0 Å². The van der Waals surface area contributed by atoms with E-state index in [1.807, 2.05) is 18.2 Å². The molecule has 0 radical (unpaired) electrons. The number of hydrogen-bond donors (Lipinski definition) is 1. The minimum Gasteiger partial charge on any atom is -0.497 e. The Hall–Kier alpha value is -2.58. The molecule has 0 spiro atoms. The van der Waals surface area contributed by atoms with Crippen LogP contribution in [-0.2, 0) is 27.9 Å². The maximum Gasteiger partial charge on any atom is 0.243 e. The number of rotatable bonds is 9. The van der Waals surface area contributed by atoms with Crippen LogP contribution in [0.15, 0.2) is 48.5 Å². The molecule has 2 aromatic carbocycles. The summed E-state index contributed by atoms with van der Waals surface area (Å²) in [7, 11) is -2.12. The Morgan fingerprint density at radius 3 is 2.28 bits per heavy atom. The molecule has 0 saturated carbocycles. The summed E-state index contributed by atoms with van der Waals surface area (Å²) in [6.07, 6.45) is 4.85. The lowest BCUT2D eigenvalue weighted by molar-refractivity contribution is -0.122. The smallest absolute Gasteiger partial charge is 0.243 e. The van der Waals surface area contributed by atoms with Crippen LogP contribution in [0.4, 0.5) is 5.69 Å². The fourth-order valence-corrected chi connectivity index (χ4v) is 5.29. The molecule has 0 unspecified atom stereocenters. The normalized spacial score (nSPS) is 15.7. The number of amides is 1. The van der Waals surface area contributed by atoms with Crippen molar-refractivity contribution in [2.45, 2.75) is 45.3 Å². The minimum atomic E-state index is -3.67. The molecule has 1 fully saturated rings. The van der Waals surface area contributed by atoms with Crippen molar-refractivity contribution in [1.29, 1.82) is 0 Å². The van der Waals surface area contributed by atoms with Crippen molar-refractivity contribution in [1.82, 2.24) is 10.2 Å².